The predicted molar refractivity (Wildman–Crippen MR) is 134 cm³/mol. The minimum atomic E-state index is 0.0724. The Morgan fingerprint density at radius 1 is 1.12 bits per heavy atom. The van der Waals surface area contributed by atoms with Gasteiger partial charge in [0.15, 0.2) is 0 Å². The first kappa shape index (κ1) is 21.3. The van der Waals surface area contributed by atoms with Crippen LogP contribution in [0.3, 0.4) is 0 Å². The van der Waals surface area contributed by atoms with Crippen LogP contribution in [0.25, 0.3) is 38.4 Å². The van der Waals surface area contributed by atoms with E-state index < -0.39 is 0 Å². The number of hydrogen-bond acceptors (Lipinski definition) is 3. The number of benzene rings is 3. The second-order valence-corrected chi connectivity index (χ2v) is 9.12. The number of ether oxygens (including phenoxy) is 1. The Kier molecular flexibility index (Phi) is 5.67. The molecule has 1 amide bonds. The Morgan fingerprint density at radius 2 is 1.94 bits per heavy atom. The second-order valence-electron chi connectivity index (χ2n) is 9.12. The summed E-state index contributed by atoms with van der Waals surface area (Å²) in [4.78, 5) is 14.9. The van der Waals surface area contributed by atoms with E-state index in [1.54, 1.807) is 19.4 Å². The van der Waals surface area contributed by atoms with Crippen molar-refractivity contribution in [3.63, 3.8) is 0 Å². The van der Waals surface area contributed by atoms with Crippen LogP contribution in [0.1, 0.15) is 32.3 Å². The molecule has 5 rings (SSSR count). The lowest BCUT2D eigenvalue weighted by Gasteiger charge is -2.30. The molecule has 168 valence electrons. The van der Waals surface area contributed by atoms with Crippen LogP contribution in [0.2, 0.25) is 0 Å². The van der Waals surface area contributed by atoms with E-state index in [0.29, 0.717) is 11.7 Å². The van der Waals surface area contributed by atoms with E-state index in [0.717, 1.165) is 52.7 Å². The number of piperidine rings is 1. The quantitative estimate of drug-likeness (QED) is 0.324. The smallest absolute Gasteiger partial charge is 0.246 e. The average Bonchev–Trinajstić information content (AvgIpc) is 3.25. The second kappa shape index (κ2) is 8.78. The largest absolute Gasteiger partial charge is 0.496 e. The fraction of sp³-hybridized carbons (Fsp3) is 0.276. The zero-order chi connectivity index (χ0) is 22.9. The van der Waals surface area contributed by atoms with Crippen molar-refractivity contribution in [3.05, 3.63) is 72.5 Å². The van der Waals surface area contributed by atoms with Gasteiger partial charge >= 0.3 is 0 Å². The van der Waals surface area contributed by atoms with E-state index in [9.17, 15) is 4.79 Å². The highest BCUT2D eigenvalue weighted by molar-refractivity contribution is 6.01. The van der Waals surface area contributed by atoms with Crippen LogP contribution in [0, 0.1) is 5.92 Å². The summed E-state index contributed by atoms with van der Waals surface area (Å²) >= 11 is 0. The number of fused-ring (bicyclic) bond motifs is 2. The minimum absolute atomic E-state index is 0.0724. The van der Waals surface area contributed by atoms with Crippen LogP contribution < -0.4 is 4.74 Å². The molecule has 1 fully saturated rings. The van der Waals surface area contributed by atoms with Gasteiger partial charge in [0, 0.05) is 41.7 Å². The van der Waals surface area contributed by atoms with E-state index in [1.165, 1.54) is 17.2 Å². The van der Waals surface area contributed by atoms with E-state index in [2.05, 4.69) is 55.5 Å². The maximum absolute atomic E-state index is 12.9. The van der Waals surface area contributed by atoms with Crippen molar-refractivity contribution in [2.24, 2.45) is 5.92 Å². The monoisotopic (exact) mass is 439 g/mol. The lowest BCUT2D eigenvalue weighted by molar-refractivity contribution is -0.127. The fourth-order valence-electron chi connectivity index (χ4n) is 4.86. The Bertz CT molecular complexity index is 1360. The number of likely N-dealkylation sites (tertiary alicyclic amines) is 1. The summed E-state index contributed by atoms with van der Waals surface area (Å²) in [5, 5.41) is 3.41. The Morgan fingerprint density at radius 3 is 2.73 bits per heavy atom. The van der Waals surface area contributed by atoms with Crippen molar-refractivity contribution >= 4 is 33.2 Å². The number of allylic oxidation sites excluding steroid dienone is 1. The van der Waals surface area contributed by atoms with Crippen LogP contribution in [-0.4, -0.2) is 31.0 Å². The van der Waals surface area contributed by atoms with Gasteiger partial charge in [-0.25, -0.2) is 0 Å². The molecule has 1 atom stereocenters. The Hall–Kier alpha value is -3.53. The number of carbonyl (C=O) groups is 1. The molecule has 0 radical (unpaired) electrons. The van der Waals surface area contributed by atoms with Crippen molar-refractivity contribution in [1.29, 1.82) is 0 Å². The maximum Gasteiger partial charge on any atom is 0.246 e. The van der Waals surface area contributed by atoms with E-state index in [4.69, 9.17) is 9.15 Å². The highest BCUT2D eigenvalue weighted by Gasteiger charge is 2.21. The molecule has 4 heteroatoms. The van der Waals surface area contributed by atoms with Gasteiger partial charge in [0.1, 0.15) is 11.3 Å². The van der Waals surface area contributed by atoms with Gasteiger partial charge in [0.05, 0.1) is 13.4 Å². The molecule has 1 saturated heterocycles. The first-order valence-corrected chi connectivity index (χ1v) is 11.6. The third-order valence-corrected chi connectivity index (χ3v) is 6.69. The van der Waals surface area contributed by atoms with E-state index >= 15 is 0 Å². The zero-order valence-electron chi connectivity index (χ0n) is 19.4. The molecule has 4 nitrogen and oxygen atoms in total. The summed E-state index contributed by atoms with van der Waals surface area (Å²) in [6.07, 6.45) is 5.81. The van der Waals surface area contributed by atoms with Gasteiger partial charge in [-0.2, -0.15) is 0 Å². The van der Waals surface area contributed by atoms with Crippen molar-refractivity contribution < 1.29 is 13.9 Å². The number of amides is 1. The summed E-state index contributed by atoms with van der Waals surface area (Å²) in [5.74, 6) is 1.33. The third kappa shape index (κ3) is 4.13. The number of nitrogens with zero attached hydrogens (tertiary/aromatic N) is 1. The molecule has 1 aliphatic heterocycles. The Labute approximate surface area is 194 Å². The van der Waals surface area contributed by atoms with Gasteiger partial charge in [-0.05, 0) is 59.7 Å². The molecule has 0 saturated carbocycles. The molecule has 0 spiro atoms. The van der Waals surface area contributed by atoms with Crippen molar-refractivity contribution in [2.75, 3.05) is 20.2 Å². The number of furan rings is 1. The molecule has 33 heavy (non-hydrogen) atoms. The van der Waals surface area contributed by atoms with Crippen LogP contribution >= 0.6 is 0 Å². The molecule has 0 bridgehead atoms. The van der Waals surface area contributed by atoms with Gasteiger partial charge in [-0.15, -0.1) is 0 Å². The fourth-order valence-corrected chi connectivity index (χ4v) is 4.86. The topological polar surface area (TPSA) is 42.7 Å². The molecule has 3 aromatic carbocycles. The molecule has 1 aliphatic rings. The number of hydrogen-bond donors (Lipinski definition) is 0. The number of rotatable bonds is 4. The van der Waals surface area contributed by atoms with Gasteiger partial charge in [-0.1, -0.05) is 43.3 Å². The van der Waals surface area contributed by atoms with Crippen LogP contribution in [0.5, 0.6) is 5.75 Å². The third-order valence-electron chi connectivity index (χ3n) is 6.69. The highest BCUT2D eigenvalue weighted by atomic mass is 16.5. The van der Waals surface area contributed by atoms with Gasteiger partial charge in [0.2, 0.25) is 5.91 Å². The van der Waals surface area contributed by atoms with Gasteiger partial charge in [-0.3, -0.25) is 4.79 Å². The van der Waals surface area contributed by atoms with Crippen molar-refractivity contribution in [2.45, 2.75) is 26.7 Å². The van der Waals surface area contributed by atoms with Crippen molar-refractivity contribution in [3.8, 4) is 16.9 Å². The summed E-state index contributed by atoms with van der Waals surface area (Å²) in [5.41, 5.74) is 4.70. The van der Waals surface area contributed by atoms with E-state index in [1.807, 2.05) is 17.9 Å². The standard InChI is InChI=1S/C29H29NO3/c1-19-7-6-12-30(17-19)29(31)13-20(2)24-15-25-26(18-33-28(25)16-27(24)32-3)23-11-10-21-8-4-5-9-22(21)14-23/h4-5,8-11,13-16,18-19H,6-7,12,17H2,1-3H3/b20-13+. The molecular weight excluding hydrogens is 410 g/mol. The molecule has 1 unspecified atom stereocenters. The number of methoxy groups -OCH3 is 1. The SMILES string of the molecule is COc1cc2occ(-c3ccc4ccccc4c3)c2cc1/C(C)=C/C(=O)N1CCCC(C)C1. The normalized spacial score (nSPS) is 17.0. The summed E-state index contributed by atoms with van der Waals surface area (Å²) in [6, 6.07) is 18.8. The first-order valence-electron chi connectivity index (χ1n) is 11.6. The highest BCUT2D eigenvalue weighted by Crippen LogP contribution is 2.38. The summed E-state index contributed by atoms with van der Waals surface area (Å²) in [7, 11) is 1.65. The Balaban J connectivity index is 1.55. The molecule has 1 aromatic heterocycles. The predicted octanol–water partition coefficient (Wildman–Crippen LogP) is 6.92. The molecular formula is C29H29NO3. The van der Waals surface area contributed by atoms with E-state index in [-0.39, 0.29) is 5.91 Å². The summed E-state index contributed by atoms with van der Waals surface area (Å²) in [6.45, 7) is 5.84. The lowest BCUT2D eigenvalue weighted by Crippen LogP contribution is -2.38. The average molecular weight is 440 g/mol. The van der Waals surface area contributed by atoms with Crippen LogP contribution in [0.4, 0.5) is 0 Å². The van der Waals surface area contributed by atoms with Gasteiger partial charge in [0.25, 0.3) is 0 Å². The summed E-state index contributed by atoms with van der Waals surface area (Å²) < 4.78 is 11.6. The van der Waals surface area contributed by atoms with Crippen molar-refractivity contribution in [1.82, 2.24) is 4.90 Å². The maximum atomic E-state index is 12.9. The van der Waals surface area contributed by atoms with Gasteiger partial charge < -0.3 is 14.1 Å². The molecule has 0 aliphatic carbocycles. The minimum Gasteiger partial charge on any atom is -0.496 e. The zero-order valence-corrected chi connectivity index (χ0v) is 19.4. The lowest BCUT2D eigenvalue weighted by atomic mass is 9.97. The van der Waals surface area contributed by atoms with Crippen LogP contribution in [0.15, 0.2) is 71.4 Å². The molecule has 2 heterocycles. The van der Waals surface area contributed by atoms with Crippen LogP contribution in [-0.2, 0) is 4.79 Å². The number of carbonyl (C=O) groups excluding carboxylic acids is 1. The molecule has 0 N–H and O–H groups in total. The molecule has 4 aromatic rings. The first-order chi connectivity index (χ1) is 16.0.